The van der Waals surface area contributed by atoms with E-state index in [-0.39, 0.29) is 11.9 Å². The number of rotatable bonds is 4. The Labute approximate surface area is 108 Å². The first-order chi connectivity index (χ1) is 8.71. The molecule has 0 aliphatic carbocycles. The molecule has 0 radical (unpaired) electrons. The van der Waals surface area contributed by atoms with Crippen LogP contribution in [0.15, 0.2) is 18.5 Å². The highest BCUT2D eigenvalue weighted by atomic mass is 16.1. The van der Waals surface area contributed by atoms with Gasteiger partial charge in [0.15, 0.2) is 0 Å². The van der Waals surface area contributed by atoms with E-state index in [0.29, 0.717) is 17.7 Å². The molecule has 1 rings (SSSR count). The zero-order chi connectivity index (χ0) is 13.4. The Morgan fingerprint density at radius 2 is 2.17 bits per heavy atom. The number of pyridine rings is 1. The molecule has 4 heteroatoms. The highest BCUT2D eigenvalue weighted by Gasteiger charge is 2.10. The van der Waals surface area contributed by atoms with E-state index in [1.54, 1.807) is 18.5 Å². The predicted octanol–water partition coefficient (Wildman–Crippen LogP) is 1.31. The van der Waals surface area contributed by atoms with Crippen molar-refractivity contribution in [2.24, 2.45) is 5.73 Å². The lowest BCUT2D eigenvalue weighted by Gasteiger charge is -2.14. The van der Waals surface area contributed by atoms with Crippen molar-refractivity contribution in [1.29, 1.82) is 0 Å². The molecule has 0 unspecified atom stereocenters. The number of aromatic nitrogens is 1. The lowest BCUT2D eigenvalue weighted by Crippen LogP contribution is -2.33. The van der Waals surface area contributed by atoms with Crippen molar-refractivity contribution in [3.8, 4) is 11.8 Å². The third kappa shape index (κ3) is 4.19. The van der Waals surface area contributed by atoms with Crippen LogP contribution in [0.1, 0.15) is 42.6 Å². The Hall–Kier alpha value is -1.86. The third-order valence-electron chi connectivity index (χ3n) is 2.66. The summed E-state index contributed by atoms with van der Waals surface area (Å²) in [5.41, 5.74) is 6.54. The van der Waals surface area contributed by atoms with Crippen LogP contribution in [0.4, 0.5) is 0 Å². The lowest BCUT2D eigenvalue weighted by atomic mass is 10.1. The molecule has 0 atom stereocenters. The molecule has 3 N–H and O–H groups in total. The summed E-state index contributed by atoms with van der Waals surface area (Å²) in [5.74, 6) is 5.50. The van der Waals surface area contributed by atoms with Crippen LogP contribution in [-0.4, -0.2) is 23.5 Å². The Kier molecular flexibility index (Phi) is 5.89. The summed E-state index contributed by atoms with van der Waals surface area (Å²) in [4.78, 5) is 16.0. The van der Waals surface area contributed by atoms with Crippen molar-refractivity contribution in [2.45, 2.75) is 32.7 Å². The SMILES string of the molecule is CCC(CC)NC(=O)c1cncc(C#CCN)c1. The van der Waals surface area contributed by atoms with Gasteiger partial charge in [0.2, 0.25) is 0 Å². The van der Waals surface area contributed by atoms with Crippen LogP contribution in [0, 0.1) is 11.8 Å². The molecule has 0 saturated carbocycles. The highest BCUT2D eigenvalue weighted by molar-refractivity contribution is 5.94. The fourth-order valence-corrected chi connectivity index (χ4v) is 1.55. The molecule has 1 heterocycles. The second-order valence-electron chi connectivity index (χ2n) is 3.96. The highest BCUT2D eigenvalue weighted by Crippen LogP contribution is 2.04. The van der Waals surface area contributed by atoms with Crippen LogP contribution in [0.3, 0.4) is 0 Å². The van der Waals surface area contributed by atoms with Crippen molar-refractivity contribution in [1.82, 2.24) is 10.3 Å². The van der Waals surface area contributed by atoms with Gasteiger partial charge in [0.25, 0.3) is 5.91 Å². The van der Waals surface area contributed by atoms with Crippen LogP contribution < -0.4 is 11.1 Å². The monoisotopic (exact) mass is 245 g/mol. The van der Waals surface area contributed by atoms with E-state index in [2.05, 4.69) is 36.0 Å². The number of nitrogens with one attached hydrogen (secondary N) is 1. The predicted molar refractivity (Wildman–Crippen MR) is 72.0 cm³/mol. The minimum atomic E-state index is -0.104. The molecular weight excluding hydrogens is 226 g/mol. The largest absolute Gasteiger partial charge is 0.349 e. The van der Waals surface area contributed by atoms with Crippen LogP contribution in [0.2, 0.25) is 0 Å². The zero-order valence-corrected chi connectivity index (χ0v) is 10.9. The van der Waals surface area contributed by atoms with Gasteiger partial charge in [-0.2, -0.15) is 0 Å². The molecule has 1 aromatic heterocycles. The summed E-state index contributed by atoms with van der Waals surface area (Å²) in [5, 5.41) is 2.96. The lowest BCUT2D eigenvalue weighted by molar-refractivity contribution is 0.0934. The van der Waals surface area contributed by atoms with Gasteiger partial charge >= 0.3 is 0 Å². The van der Waals surface area contributed by atoms with E-state index in [1.807, 2.05) is 0 Å². The topological polar surface area (TPSA) is 68.0 Å². The third-order valence-corrected chi connectivity index (χ3v) is 2.66. The number of nitrogens with zero attached hydrogens (tertiary/aromatic N) is 1. The number of carbonyl (C=O) groups excluding carboxylic acids is 1. The molecule has 0 fully saturated rings. The van der Waals surface area contributed by atoms with Crippen molar-refractivity contribution >= 4 is 5.91 Å². The Morgan fingerprint density at radius 3 is 2.78 bits per heavy atom. The zero-order valence-electron chi connectivity index (χ0n) is 10.9. The average Bonchev–Trinajstić information content (AvgIpc) is 2.42. The summed E-state index contributed by atoms with van der Waals surface area (Å²) in [7, 11) is 0. The second kappa shape index (κ2) is 7.46. The molecule has 0 saturated heterocycles. The van der Waals surface area contributed by atoms with Crippen molar-refractivity contribution in [3.05, 3.63) is 29.6 Å². The van der Waals surface area contributed by atoms with Crippen molar-refractivity contribution in [3.63, 3.8) is 0 Å². The van der Waals surface area contributed by atoms with Crippen molar-refractivity contribution in [2.75, 3.05) is 6.54 Å². The van der Waals surface area contributed by atoms with E-state index in [1.165, 1.54) is 0 Å². The van der Waals surface area contributed by atoms with Crippen molar-refractivity contribution < 1.29 is 4.79 Å². The summed E-state index contributed by atoms with van der Waals surface area (Å²) in [6.07, 6.45) is 5.01. The summed E-state index contributed by atoms with van der Waals surface area (Å²) in [6, 6.07) is 1.93. The van der Waals surface area contributed by atoms with Gasteiger partial charge in [0.1, 0.15) is 0 Å². The van der Waals surface area contributed by atoms with Gasteiger partial charge in [-0.25, -0.2) is 0 Å². The molecular formula is C14H19N3O. The van der Waals surface area contributed by atoms with Gasteiger partial charge in [-0.1, -0.05) is 25.7 Å². The number of hydrogen-bond acceptors (Lipinski definition) is 3. The average molecular weight is 245 g/mol. The Bertz CT molecular complexity index is 456. The minimum Gasteiger partial charge on any atom is -0.349 e. The van der Waals surface area contributed by atoms with E-state index < -0.39 is 0 Å². The van der Waals surface area contributed by atoms with Gasteiger partial charge in [-0.05, 0) is 18.9 Å². The number of carbonyl (C=O) groups is 1. The van der Waals surface area contributed by atoms with Crippen LogP contribution in [0.25, 0.3) is 0 Å². The van der Waals surface area contributed by atoms with Gasteiger partial charge < -0.3 is 11.1 Å². The minimum absolute atomic E-state index is 0.104. The molecule has 0 aromatic carbocycles. The fourth-order valence-electron chi connectivity index (χ4n) is 1.55. The first kappa shape index (κ1) is 14.2. The summed E-state index contributed by atoms with van der Waals surface area (Å²) in [6.45, 7) is 4.40. The molecule has 0 spiro atoms. The van der Waals surface area contributed by atoms with Gasteiger partial charge in [-0.15, -0.1) is 0 Å². The summed E-state index contributed by atoms with van der Waals surface area (Å²) < 4.78 is 0. The first-order valence-corrected chi connectivity index (χ1v) is 6.16. The molecule has 0 aliphatic heterocycles. The fraction of sp³-hybridized carbons (Fsp3) is 0.429. The molecule has 1 aromatic rings. The van der Waals surface area contributed by atoms with Crippen LogP contribution in [-0.2, 0) is 0 Å². The Balaban J connectivity index is 2.79. The van der Waals surface area contributed by atoms with E-state index in [4.69, 9.17) is 5.73 Å². The van der Waals surface area contributed by atoms with Gasteiger partial charge in [0, 0.05) is 24.0 Å². The molecule has 18 heavy (non-hydrogen) atoms. The van der Waals surface area contributed by atoms with E-state index >= 15 is 0 Å². The number of nitrogens with two attached hydrogens (primary N) is 1. The van der Waals surface area contributed by atoms with Gasteiger partial charge in [0.05, 0.1) is 12.1 Å². The normalized spacial score (nSPS) is 9.78. The van der Waals surface area contributed by atoms with Crippen LogP contribution >= 0.6 is 0 Å². The summed E-state index contributed by atoms with van der Waals surface area (Å²) >= 11 is 0. The van der Waals surface area contributed by atoms with E-state index in [9.17, 15) is 4.79 Å². The van der Waals surface area contributed by atoms with Crippen LogP contribution in [0.5, 0.6) is 0 Å². The molecule has 0 aliphatic rings. The second-order valence-corrected chi connectivity index (χ2v) is 3.96. The molecule has 1 amide bonds. The first-order valence-electron chi connectivity index (χ1n) is 6.16. The standard InChI is InChI=1S/C14H19N3O/c1-3-13(4-2)17-14(18)12-8-11(6-5-7-15)9-16-10-12/h8-10,13H,3-4,7,15H2,1-2H3,(H,17,18). The molecule has 0 bridgehead atoms. The molecule has 4 nitrogen and oxygen atoms in total. The van der Waals surface area contributed by atoms with Gasteiger partial charge in [-0.3, -0.25) is 9.78 Å². The number of hydrogen-bond donors (Lipinski definition) is 2. The smallest absolute Gasteiger partial charge is 0.253 e. The maximum absolute atomic E-state index is 12.0. The molecule has 96 valence electrons. The maximum atomic E-state index is 12.0. The Morgan fingerprint density at radius 1 is 1.44 bits per heavy atom. The quantitative estimate of drug-likeness (QED) is 0.786. The maximum Gasteiger partial charge on any atom is 0.253 e. The van der Waals surface area contributed by atoms with E-state index in [0.717, 1.165) is 12.8 Å². The number of amides is 1.